The van der Waals surface area contributed by atoms with Gasteiger partial charge in [-0.25, -0.2) is 9.97 Å². The maximum Gasteiger partial charge on any atom is 0.138 e. The van der Waals surface area contributed by atoms with Crippen molar-refractivity contribution in [2.24, 2.45) is 5.92 Å². The zero-order chi connectivity index (χ0) is 14.0. The number of rotatable bonds is 4. The topological polar surface area (TPSA) is 55.0 Å². The fraction of sp³-hybridized carbons (Fsp3) is 0.733. The SMILES string of the molecule is CCN(CC1CCC1)c1cc(N)nc(C(C)(C)C)n1. The zero-order valence-electron chi connectivity index (χ0n) is 12.6. The first-order chi connectivity index (χ1) is 8.90. The lowest BCUT2D eigenvalue weighted by Gasteiger charge is -2.33. The van der Waals surface area contributed by atoms with Gasteiger partial charge in [0.25, 0.3) is 0 Å². The second-order valence-corrected chi connectivity index (χ2v) is 6.56. The van der Waals surface area contributed by atoms with Crippen LogP contribution in [0.4, 0.5) is 11.6 Å². The first kappa shape index (κ1) is 14.1. The lowest BCUT2D eigenvalue weighted by Crippen LogP contribution is -2.33. The summed E-state index contributed by atoms with van der Waals surface area (Å²) >= 11 is 0. The molecule has 2 N–H and O–H groups in total. The van der Waals surface area contributed by atoms with Crippen LogP contribution in [0.1, 0.15) is 52.8 Å². The molecule has 1 aromatic rings. The number of aromatic nitrogens is 2. The predicted molar refractivity (Wildman–Crippen MR) is 80.4 cm³/mol. The van der Waals surface area contributed by atoms with Gasteiger partial charge in [-0.2, -0.15) is 0 Å². The van der Waals surface area contributed by atoms with Crippen LogP contribution < -0.4 is 10.6 Å². The Morgan fingerprint density at radius 3 is 2.47 bits per heavy atom. The van der Waals surface area contributed by atoms with Gasteiger partial charge in [-0.1, -0.05) is 27.2 Å². The summed E-state index contributed by atoms with van der Waals surface area (Å²) in [6.45, 7) is 10.6. The molecule has 0 aliphatic heterocycles. The van der Waals surface area contributed by atoms with Gasteiger partial charge in [0.15, 0.2) is 0 Å². The smallest absolute Gasteiger partial charge is 0.138 e. The molecule has 0 atom stereocenters. The molecule has 0 aromatic carbocycles. The quantitative estimate of drug-likeness (QED) is 0.906. The summed E-state index contributed by atoms with van der Waals surface area (Å²) in [7, 11) is 0. The van der Waals surface area contributed by atoms with Crippen LogP contribution in [0.3, 0.4) is 0 Å². The van der Waals surface area contributed by atoms with Gasteiger partial charge in [-0.15, -0.1) is 0 Å². The third-order valence-electron chi connectivity index (χ3n) is 3.81. The van der Waals surface area contributed by atoms with E-state index in [2.05, 4.69) is 37.6 Å². The van der Waals surface area contributed by atoms with E-state index >= 15 is 0 Å². The van der Waals surface area contributed by atoms with E-state index in [0.29, 0.717) is 5.82 Å². The molecule has 1 heterocycles. The minimum Gasteiger partial charge on any atom is -0.384 e. The van der Waals surface area contributed by atoms with E-state index < -0.39 is 0 Å². The Hall–Kier alpha value is -1.32. The predicted octanol–water partition coefficient (Wildman–Crippen LogP) is 2.98. The molecule has 1 saturated carbocycles. The Labute approximate surface area is 116 Å². The van der Waals surface area contributed by atoms with Crippen LogP contribution in [0, 0.1) is 5.92 Å². The number of nitrogens with zero attached hydrogens (tertiary/aromatic N) is 3. The molecule has 0 saturated heterocycles. The van der Waals surface area contributed by atoms with Crippen molar-refractivity contribution in [1.82, 2.24) is 9.97 Å². The molecule has 0 amide bonds. The fourth-order valence-corrected chi connectivity index (χ4v) is 2.32. The Balaban J connectivity index is 2.23. The van der Waals surface area contributed by atoms with Crippen molar-refractivity contribution in [2.75, 3.05) is 23.7 Å². The highest BCUT2D eigenvalue weighted by molar-refractivity contribution is 5.47. The minimum absolute atomic E-state index is 0.0694. The number of anilines is 2. The minimum atomic E-state index is -0.0694. The Morgan fingerprint density at radius 1 is 1.32 bits per heavy atom. The van der Waals surface area contributed by atoms with Gasteiger partial charge in [-0.3, -0.25) is 0 Å². The molecular formula is C15H26N4. The molecule has 4 heteroatoms. The standard InChI is InChI=1S/C15H26N4/c1-5-19(10-11-7-6-8-11)13-9-12(16)17-14(18-13)15(2,3)4/h9,11H,5-8,10H2,1-4H3,(H2,16,17,18). The van der Waals surface area contributed by atoms with E-state index in [0.717, 1.165) is 30.6 Å². The molecule has 0 unspecified atom stereocenters. The second kappa shape index (κ2) is 5.35. The van der Waals surface area contributed by atoms with Gasteiger partial charge in [0.1, 0.15) is 17.5 Å². The summed E-state index contributed by atoms with van der Waals surface area (Å²) in [5.74, 6) is 3.21. The van der Waals surface area contributed by atoms with E-state index in [1.54, 1.807) is 0 Å². The maximum absolute atomic E-state index is 5.95. The Bertz CT molecular complexity index is 432. The summed E-state index contributed by atoms with van der Waals surface area (Å²) in [6, 6.07) is 1.90. The van der Waals surface area contributed by atoms with Crippen molar-refractivity contribution in [3.8, 4) is 0 Å². The summed E-state index contributed by atoms with van der Waals surface area (Å²) < 4.78 is 0. The summed E-state index contributed by atoms with van der Waals surface area (Å²) in [5.41, 5.74) is 5.88. The van der Waals surface area contributed by atoms with Gasteiger partial charge in [0, 0.05) is 24.6 Å². The summed E-state index contributed by atoms with van der Waals surface area (Å²) in [4.78, 5) is 11.4. The van der Waals surface area contributed by atoms with E-state index in [1.165, 1.54) is 19.3 Å². The van der Waals surface area contributed by atoms with Crippen LogP contribution in [0.15, 0.2) is 6.07 Å². The highest BCUT2D eigenvalue weighted by atomic mass is 15.2. The molecule has 0 radical (unpaired) electrons. The zero-order valence-corrected chi connectivity index (χ0v) is 12.6. The molecule has 2 rings (SSSR count). The van der Waals surface area contributed by atoms with Crippen molar-refractivity contribution in [3.05, 3.63) is 11.9 Å². The number of nitrogen functional groups attached to an aromatic ring is 1. The van der Waals surface area contributed by atoms with Crippen molar-refractivity contribution in [3.63, 3.8) is 0 Å². The maximum atomic E-state index is 5.95. The van der Waals surface area contributed by atoms with Crippen molar-refractivity contribution < 1.29 is 0 Å². The average Bonchev–Trinajstić information content (AvgIpc) is 2.25. The van der Waals surface area contributed by atoms with Crippen molar-refractivity contribution in [1.29, 1.82) is 0 Å². The molecule has 4 nitrogen and oxygen atoms in total. The molecule has 1 aromatic heterocycles. The third kappa shape index (κ3) is 3.37. The van der Waals surface area contributed by atoms with Crippen LogP contribution in [-0.2, 0) is 5.41 Å². The largest absolute Gasteiger partial charge is 0.384 e. The van der Waals surface area contributed by atoms with E-state index in [4.69, 9.17) is 10.7 Å². The Morgan fingerprint density at radius 2 is 2.00 bits per heavy atom. The molecule has 1 aliphatic rings. The van der Waals surface area contributed by atoms with Crippen LogP contribution in [-0.4, -0.2) is 23.1 Å². The summed E-state index contributed by atoms with van der Waals surface area (Å²) in [6.07, 6.45) is 4.08. The van der Waals surface area contributed by atoms with Gasteiger partial charge in [0.2, 0.25) is 0 Å². The second-order valence-electron chi connectivity index (χ2n) is 6.56. The monoisotopic (exact) mass is 262 g/mol. The Kier molecular flexibility index (Phi) is 3.97. The van der Waals surface area contributed by atoms with Gasteiger partial charge < -0.3 is 10.6 Å². The average molecular weight is 262 g/mol. The van der Waals surface area contributed by atoms with Gasteiger partial charge >= 0.3 is 0 Å². The van der Waals surface area contributed by atoms with Gasteiger partial charge in [-0.05, 0) is 25.7 Å². The molecule has 1 aliphatic carbocycles. The normalized spacial score (nSPS) is 16.2. The lowest BCUT2D eigenvalue weighted by atomic mass is 9.85. The molecule has 106 valence electrons. The van der Waals surface area contributed by atoms with E-state index in [1.807, 2.05) is 6.07 Å². The van der Waals surface area contributed by atoms with Gasteiger partial charge in [0.05, 0.1) is 0 Å². The van der Waals surface area contributed by atoms with Crippen LogP contribution in [0.5, 0.6) is 0 Å². The third-order valence-corrected chi connectivity index (χ3v) is 3.81. The molecule has 1 fully saturated rings. The number of nitrogens with two attached hydrogens (primary N) is 1. The number of hydrogen-bond donors (Lipinski definition) is 1. The van der Waals surface area contributed by atoms with Crippen LogP contribution in [0.2, 0.25) is 0 Å². The number of hydrogen-bond acceptors (Lipinski definition) is 4. The first-order valence-corrected chi connectivity index (χ1v) is 7.30. The van der Waals surface area contributed by atoms with Crippen LogP contribution >= 0.6 is 0 Å². The van der Waals surface area contributed by atoms with Crippen molar-refractivity contribution >= 4 is 11.6 Å². The highest BCUT2D eigenvalue weighted by Crippen LogP contribution is 2.29. The lowest BCUT2D eigenvalue weighted by molar-refractivity contribution is 0.318. The van der Waals surface area contributed by atoms with E-state index in [9.17, 15) is 0 Å². The molecule has 0 spiro atoms. The molecule has 19 heavy (non-hydrogen) atoms. The fourth-order valence-electron chi connectivity index (χ4n) is 2.32. The summed E-state index contributed by atoms with van der Waals surface area (Å²) in [5, 5.41) is 0. The molecule has 0 bridgehead atoms. The van der Waals surface area contributed by atoms with E-state index in [-0.39, 0.29) is 5.41 Å². The van der Waals surface area contributed by atoms with Crippen molar-refractivity contribution in [2.45, 2.75) is 52.4 Å². The first-order valence-electron chi connectivity index (χ1n) is 7.30. The van der Waals surface area contributed by atoms with Crippen LogP contribution in [0.25, 0.3) is 0 Å². The molecular weight excluding hydrogens is 236 g/mol. The highest BCUT2D eigenvalue weighted by Gasteiger charge is 2.23.